The van der Waals surface area contributed by atoms with Crippen molar-refractivity contribution in [2.45, 2.75) is 19.3 Å². The van der Waals surface area contributed by atoms with E-state index in [1.807, 2.05) is 13.1 Å². The van der Waals surface area contributed by atoms with Crippen LogP contribution in [0.5, 0.6) is 5.75 Å². The molecule has 0 amide bonds. The summed E-state index contributed by atoms with van der Waals surface area (Å²) >= 11 is 0. The third-order valence-corrected chi connectivity index (χ3v) is 2.75. The molecule has 2 rings (SSSR count). The van der Waals surface area contributed by atoms with E-state index >= 15 is 0 Å². The summed E-state index contributed by atoms with van der Waals surface area (Å²) in [5.41, 5.74) is 3.91. The van der Waals surface area contributed by atoms with Crippen LogP contribution in [0, 0.1) is 0 Å². The molecule has 2 nitrogen and oxygen atoms in total. The Labute approximate surface area is 84.6 Å². The van der Waals surface area contributed by atoms with E-state index in [1.165, 1.54) is 23.3 Å². The van der Waals surface area contributed by atoms with Crippen LogP contribution in [0.1, 0.15) is 24.0 Å². The van der Waals surface area contributed by atoms with Gasteiger partial charge in [-0.3, -0.25) is 4.99 Å². The molecule has 0 saturated heterocycles. The van der Waals surface area contributed by atoms with Gasteiger partial charge in [0, 0.05) is 12.8 Å². The molecule has 0 aliphatic heterocycles. The lowest BCUT2D eigenvalue weighted by molar-refractivity contribution is 0.414. The number of hydrogen-bond donors (Lipinski definition) is 0. The van der Waals surface area contributed by atoms with Gasteiger partial charge in [0.25, 0.3) is 0 Å². The maximum atomic E-state index is 5.21. The van der Waals surface area contributed by atoms with Crippen molar-refractivity contribution in [2.75, 3.05) is 14.2 Å². The molecule has 0 spiro atoms. The Bertz CT molecular complexity index is 369. The van der Waals surface area contributed by atoms with Gasteiger partial charge in [-0.2, -0.15) is 0 Å². The Balaban J connectivity index is 2.46. The first-order valence-corrected chi connectivity index (χ1v) is 4.98. The van der Waals surface area contributed by atoms with E-state index in [9.17, 15) is 0 Å². The normalized spacial score (nSPS) is 18.0. The molecule has 1 aliphatic rings. The second-order valence-electron chi connectivity index (χ2n) is 3.55. The first-order chi connectivity index (χ1) is 6.85. The molecule has 0 N–H and O–H groups in total. The van der Waals surface area contributed by atoms with Crippen LogP contribution in [-0.2, 0) is 6.42 Å². The molecule has 74 valence electrons. The number of benzene rings is 1. The molecule has 0 fully saturated rings. The number of rotatable bonds is 1. The van der Waals surface area contributed by atoms with Gasteiger partial charge in [-0.05, 0) is 48.6 Å². The molecule has 2 heteroatoms. The largest absolute Gasteiger partial charge is 0.497 e. The van der Waals surface area contributed by atoms with Gasteiger partial charge in [0.05, 0.1) is 7.11 Å². The molecule has 0 unspecified atom stereocenters. The molecular weight excluding hydrogens is 174 g/mol. The van der Waals surface area contributed by atoms with Crippen LogP contribution >= 0.6 is 0 Å². The van der Waals surface area contributed by atoms with E-state index in [0.717, 1.165) is 18.6 Å². The average molecular weight is 189 g/mol. The Morgan fingerprint density at radius 1 is 1.29 bits per heavy atom. The molecule has 0 atom stereocenters. The molecule has 0 heterocycles. The third kappa shape index (κ3) is 1.52. The molecular formula is C12H15NO. The van der Waals surface area contributed by atoms with Gasteiger partial charge < -0.3 is 4.74 Å². The van der Waals surface area contributed by atoms with Crippen molar-refractivity contribution in [1.82, 2.24) is 0 Å². The summed E-state index contributed by atoms with van der Waals surface area (Å²) in [5.74, 6) is 0.945. The number of ether oxygens (including phenoxy) is 1. The van der Waals surface area contributed by atoms with Gasteiger partial charge in [0.1, 0.15) is 5.75 Å². The van der Waals surface area contributed by atoms with E-state index < -0.39 is 0 Å². The van der Waals surface area contributed by atoms with Crippen LogP contribution in [0.4, 0.5) is 0 Å². The van der Waals surface area contributed by atoms with E-state index in [4.69, 9.17) is 4.74 Å². The number of aliphatic imine (C=N–C) groups is 1. The van der Waals surface area contributed by atoms with Crippen LogP contribution < -0.4 is 4.74 Å². The minimum absolute atomic E-state index is 0.945. The summed E-state index contributed by atoms with van der Waals surface area (Å²) < 4.78 is 5.21. The van der Waals surface area contributed by atoms with Gasteiger partial charge in [0.15, 0.2) is 0 Å². The van der Waals surface area contributed by atoms with Crippen LogP contribution in [0.3, 0.4) is 0 Å². The average Bonchev–Trinajstić information content (AvgIpc) is 2.27. The summed E-state index contributed by atoms with van der Waals surface area (Å²) in [5, 5.41) is 0. The van der Waals surface area contributed by atoms with Crippen LogP contribution in [0.2, 0.25) is 0 Å². The summed E-state index contributed by atoms with van der Waals surface area (Å²) in [6, 6.07) is 6.25. The Morgan fingerprint density at radius 2 is 2.14 bits per heavy atom. The Hall–Kier alpha value is -1.31. The van der Waals surface area contributed by atoms with Gasteiger partial charge in [-0.25, -0.2) is 0 Å². The zero-order valence-electron chi connectivity index (χ0n) is 8.71. The predicted octanol–water partition coefficient (Wildman–Crippen LogP) is 2.45. The van der Waals surface area contributed by atoms with E-state index in [-0.39, 0.29) is 0 Å². The number of hydrogen-bond acceptors (Lipinski definition) is 2. The topological polar surface area (TPSA) is 21.6 Å². The van der Waals surface area contributed by atoms with Crippen LogP contribution in [0.15, 0.2) is 23.2 Å². The number of aryl methyl sites for hydroxylation is 1. The summed E-state index contributed by atoms with van der Waals surface area (Å²) in [6.07, 6.45) is 3.45. The Kier molecular flexibility index (Phi) is 2.53. The lowest BCUT2D eigenvalue weighted by Gasteiger charge is -2.18. The fourth-order valence-corrected chi connectivity index (χ4v) is 2.00. The smallest absolute Gasteiger partial charge is 0.119 e. The van der Waals surface area contributed by atoms with Gasteiger partial charge >= 0.3 is 0 Å². The van der Waals surface area contributed by atoms with Crippen molar-refractivity contribution in [1.29, 1.82) is 0 Å². The van der Waals surface area contributed by atoms with E-state index in [2.05, 4.69) is 17.1 Å². The van der Waals surface area contributed by atoms with Crippen molar-refractivity contribution in [3.63, 3.8) is 0 Å². The highest BCUT2D eigenvalue weighted by Crippen LogP contribution is 2.25. The molecule has 1 aliphatic carbocycles. The SMILES string of the molecule is CN=C1CCCc2cc(OC)ccc21. The number of fused-ring (bicyclic) bond motifs is 1. The van der Waals surface area contributed by atoms with Crippen molar-refractivity contribution < 1.29 is 4.74 Å². The monoisotopic (exact) mass is 189 g/mol. The number of methoxy groups -OCH3 is 1. The highest BCUT2D eigenvalue weighted by Gasteiger charge is 2.14. The molecule has 0 bridgehead atoms. The standard InChI is InChI=1S/C12H15NO/c1-13-12-5-3-4-9-8-10(14-2)6-7-11(9)12/h6-8H,3-5H2,1-2H3. The Morgan fingerprint density at radius 3 is 2.86 bits per heavy atom. The maximum absolute atomic E-state index is 5.21. The molecule has 0 radical (unpaired) electrons. The molecule has 1 aromatic rings. The van der Waals surface area contributed by atoms with Crippen molar-refractivity contribution in [2.24, 2.45) is 4.99 Å². The van der Waals surface area contributed by atoms with Gasteiger partial charge in [-0.15, -0.1) is 0 Å². The fraction of sp³-hybridized carbons (Fsp3) is 0.417. The van der Waals surface area contributed by atoms with Crippen LogP contribution in [-0.4, -0.2) is 19.9 Å². The van der Waals surface area contributed by atoms with Crippen molar-refractivity contribution >= 4 is 5.71 Å². The molecule has 0 saturated carbocycles. The van der Waals surface area contributed by atoms with Crippen LogP contribution in [0.25, 0.3) is 0 Å². The summed E-state index contributed by atoms with van der Waals surface area (Å²) in [4.78, 5) is 4.32. The predicted molar refractivity (Wildman–Crippen MR) is 58.4 cm³/mol. The van der Waals surface area contributed by atoms with Crippen molar-refractivity contribution in [3.8, 4) is 5.75 Å². The molecule has 14 heavy (non-hydrogen) atoms. The first-order valence-electron chi connectivity index (χ1n) is 4.98. The zero-order valence-corrected chi connectivity index (χ0v) is 8.71. The highest BCUT2D eigenvalue weighted by molar-refractivity contribution is 6.02. The summed E-state index contributed by atoms with van der Waals surface area (Å²) in [6.45, 7) is 0. The minimum Gasteiger partial charge on any atom is -0.497 e. The van der Waals surface area contributed by atoms with E-state index in [0.29, 0.717) is 0 Å². The first kappa shape index (κ1) is 9.25. The van der Waals surface area contributed by atoms with Gasteiger partial charge in [0.2, 0.25) is 0 Å². The molecule has 1 aromatic carbocycles. The lowest BCUT2D eigenvalue weighted by Crippen LogP contribution is -2.11. The van der Waals surface area contributed by atoms with E-state index in [1.54, 1.807) is 7.11 Å². The maximum Gasteiger partial charge on any atom is 0.119 e. The van der Waals surface area contributed by atoms with Gasteiger partial charge in [-0.1, -0.05) is 0 Å². The summed E-state index contributed by atoms with van der Waals surface area (Å²) in [7, 11) is 3.58. The van der Waals surface area contributed by atoms with Crippen molar-refractivity contribution in [3.05, 3.63) is 29.3 Å². The second kappa shape index (κ2) is 3.82. The molecule has 0 aromatic heterocycles. The second-order valence-corrected chi connectivity index (χ2v) is 3.55. The number of nitrogens with zero attached hydrogens (tertiary/aromatic N) is 1. The third-order valence-electron chi connectivity index (χ3n) is 2.75. The lowest BCUT2D eigenvalue weighted by atomic mass is 9.90. The quantitative estimate of drug-likeness (QED) is 0.665. The highest BCUT2D eigenvalue weighted by atomic mass is 16.5. The fourth-order valence-electron chi connectivity index (χ4n) is 2.00. The zero-order chi connectivity index (χ0) is 9.97. The minimum atomic E-state index is 0.945.